The molecular formula is C29H34N6O2. The normalized spacial score (nSPS) is 20.0. The molecule has 8 heteroatoms. The van der Waals surface area contributed by atoms with Gasteiger partial charge in [0.15, 0.2) is 5.82 Å². The van der Waals surface area contributed by atoms with E-state index in [0.717, 1.165) is 74.1 Å². The molecule has 4 aromatic rings. The van der Waals surface area contributed by atoms with E-state index >= 15 is 0 Å². The highest BCUT2D eigenvalue weighted by atomic mass is 16.5. The molecule has 0 amide bonds. The third-order valence-electron chi connectivity index (χ3n) is 8.00. The summed E-state index contributed by atoms with van der Waals surface area (Å²) in [5.74, 6) is 1.34. The molecule has 0 unspecified atom stereocenters. The first kappa shape index (κ1) is 24.0. The minimum atomic E-state index is -0.317. The Kier molecular flexibility index (Phi) is 6.85. The minimum absolute atomic E-state index is 0.0788. The lowest BCUT2D eigenvalue weighted by Gasteiger charge is -2.37. The Hall–Kier alpha value is -3.36. The molecule has 2 aromatic carbocycles. The van der Waals surface area contributed by atoms with E-state index in [4.69, 9.17) is 4.74 Å². The molecule has 192 valence electrons. The molecule has 0 bridgehead atoms. The van der Waals surface area contributed by atoms with E-state index in [9.17, 15) is 4.79 Å². The number of H-pyrrole nitrogens is 1. The van der Waals surface area contributed by atoms with Crippen LogP contribution in [0.15, 0.2) is 59.4 Å². The summed E-state index contributed by atoms with van der Waals surface area (Å²) >= 11 is 0. The fraction of sp³-hybridized carbons (Fsp3) is 0.448. The van der Waals surface area contributed by atoms with Crippen LogP contribution < -0.4 is 5.56 Å². The molecule has 2 saturated heterocycles. The van der Waals surface area contributed by atoms with Crippen molar-refractivity contribution in [1.29, 1.82) is 0 Å². The van der Waals surface area contributed by atoms with Gasteiger partial charge in [-0.25, -0.2) is 4.68 Å². The Balaban J connectivity index is 1.33. The van der Waals surface area contributed by atoms with Gasteiger partial charge in [-0.3, -0.25) is 9.69 Å². The van der Waals surface area contributed by atoms with Crippen LogP contribution in [-0.4, -0.2) is 55.9 Å². The number of rotatable bonds is 7. The van der Waals surface area contributed by atoms with Gasteiger partial charge in [0.1, 0.15) is 6.04 Å². The van der Waals surface area contributed by atoms with Crippen molar-refractivity contribution in [3.8, 4) is 0 Å². The second-order valence-corrected chi connectivity index (χ2v) is 10.5. The predicted molar refractivity (Wildman–Crippen MR) is 142 cm³/mol. The van der Waals surface area contributed by atoms with E-state index in [1.165, 1.54) is 5.56 Å². The fourth-order valence-electron chi connectivity index (χ4n) is 5.98. The van der Waals surface area contributed by atoms with Crippen LogP contribution in [0.1, 0.15) is 54.2 Å². The summed E-state index contributed by atoms with van der Waals surface area (Å²) in [6.07, 6.45) is 5.41. The highest BCUT2D eigenvalue weighted by Gasteiger charge is 2.34. The zero-order valence-corrected chi connectivity index (χ0v) is 21.3. The van der Waals surface area contributed by atoms with Crippen molar-refractivity contribution < 1.29 is 4.74 Å². The first-order valence-corrected chi connectivity index (χ1v) is 13.4. The maximum Gasteiger partial charge on any atom is 0.253 e. The summed E-state index contributed by atoms with van der Waals surface area (Å²) in [7, 11) is 0. The van der Waals surface area contributed by atoms with Gasteiger partial charge in [-0.2, -0.15) is 0 Å². The van der Waals surface area contributed by atoms with Crippen LogP contribution in [-0.2, 0) is 17.7 Å². The lowest BCUT2D eigenvalue weighted by atomic mass is 9.89. The number of fused-ring (bicyclic) bond motifs is 1. The summed E-state index contributed by atoms with van der Waals surface area (Å²) in [5.41, 5.74) is 3.95. The van der Waals surface area contributed by atoms with E-state index in [2.05, 4.69) is 61.8 Å². The van der Waals surface area contributed by atoms with Crippen LogP contribution in [0, 0.1) is 12.8 Å². The Labute approximate surface area is 216 Å². The van der Waals surface area contributed by atoms with Crippen LogP contribution in [0.2, 0.25) is 0 Å². The minimum Gasteiger partial charge on any atom is -0.376 e. The monoisotopic (exact) mass is 498 g/mol. The maximum absolute atomic E-state index is 13.5. The number of piperidine rings is 1. The molecule has 2 fully saturated rings. The number of nitrogens with one attached hydrogen (secondary N) is 1. The average molecular weight is 499 g/mol. The van der Waals surface area contributed by atoms with Crippen LogP contribution in [0.25, 0.3) is 10.9 Å². The van der Waals surface area contributed by atoms with E-state index in [1.54, 1.807) is 0 Å². The van der Waals surface area contributed by atoms with Gasteiger partial charge in [0, 0.05) is 12.2 Å². The van der Waals surface area contributed by atoms with Gasteiger partial charge < -0.3 is 9.72 Å². The summed E-state index contributed by atoms with van der Waals surface area (Å²) in [5, 5.41) is 13.9. The highest BCUT2D eigenvalue weighted by Crippen LogP contribution is 2.32. The zero-order valence-electron chi connectivity index (χ0n) is 21.3. The molecule has 4 heterocycles. The summed E-state index contributed by atoms with van der Waals surface area (Å²) in [4.78, 5) is 19.1. The SMILES string of the molecule is Cc1cccc2cc([C@H](c3nnnn3C[C@@H]3CCCO3)N3CCC(Cc4ccccc4)CC3)c(=O)[nH]c12. The number of aromatic nitrogens is 5. The number of tetrazole rings is 1. The molecule has 8 nitrogen and oxygen atoms in total. The molecule has 0 radical (unpaired) electrons. The number of likely N-dealkylation sites (tertiary alicyclic amines) is 1. The highest BCUT2D eigenvalue weighted by molar-refractivity contribution is 5.82. The van der Waals surface area contributed by atoms with Crippen LogP contribution in [0.3, 0.4) is 0 Å². The smallest absolute Gasteiger partial charge is 0.253 e. The zero-order chi connectivity index (χ0) is 25.2. The maximum atomic E-state index is 13.5. The molecule has 1 N–H and O–H groups in total. The number of pyridine rings is 1. The Morgan fingerprint density at radius 3 is 2.70 bits per heavy atom. The van der Waals surface area contributed by atoms with E-state index < -0.39 is 0 Å². The van der Waals surface area contributed by atoms with Crippen molar-refractivity contribution in [2.45, 2.75) is 57.7 Å². The average Bonchev–Trinajstić information content (AvgIpc) is 3.60. The van der Waals surface area contributed by atoms with Gasteiger partial charge in [0.2, 0.25) is 0 Å². The van der Waals surface area contributed by atoms with Crippen molar-refractivity contribution in [3.05, 3.63) is 87.5 Å². The van der Waals surface area contributed by atoms with Crippen LogP contribution in [0.4, 0.5) is 0 Å². The molecular weight excluding hydrogens is 464 g/mol. The molecule has 0 aliphatic carbocycles. The number of aryl methyl sites for hydroxylation is 1. The number of aromatic amines is 1. The standard InChI is InChI=1S/C29H34N6O2/c1-20-7-5-10-23-18-25(29(36)30-26(20)23)27(28-31-32-33-35(28)19-24-11-6-16-37-24)34-14-12-22(13-15-34)17-21-8-3-2-4-9-21/h2-5,7-10,18,22,24,27H,6,11-17,19H2,1H3,(H,30,36)/t24-,27+/m0/s1. The Morgan fingerprint density at radius 2 is 1.92 bits per heavy atom. The molecule has 2 aromatic heterocycles. The number of hydrogen-bond donors (Lipinski definition) is 1. The third kappa shape index (κ3) is 5.08. The number of ether oxygens (including phenoxy) is 1. The Bertz CT molecular complexity index is 1400. The van der Waals surface area contributed by atoms with Crippen molar-refractivity contribution in [2.75, 3.05) is 19.7 Å². The van der Waals surface area contributed by atoms with Gasteiger partial charge in [-0.15, -0.1) is 5.10 Å². The largest absolute Gasteiger partial charge is 0.376 e. The third-order valence-corrected chi connectivity index (χ3v) is 8.00. The number of para-hydroxylation sites is 1. The fourth-order valence-corrected chi connectivity index (χ4v) is 5.98. The quantitative estimate of drug-likeness (QED) is 0.414. The van der Waals surface area contributed by atoms with E-state index in [0.29, 0.717) is 18.0 Å². The van der Waals surface area contributed by atoms with E-state index in [1.807, 2.05) is 29.8 Å². The first-order chi connectivity index (χ1) is 18.2. The van der Waals surface area contributed by atoms with Gasteiger partial charge in [-0.1, -0.05) is 48.5 Å². The topological polar surface area (TPSA) is 88.9 Å². The first-order valence-electron chi connectivity index (χ1n) is 13.4. The van der Waals surface area contributed by atoms with Crippen molar-refractivity contribution >= 4 is 10.9 Å². The van der Waals surface area contributed by atoms with Crippen LogP contribution in [0.5, 0.6) is 0 Å². The lowest BCUT2D eigenvalue weighted by molar-refractivity contribution is 0.0892. The summed E-state index contributed by atoms with van der Waals surface area (Å²) in [6.45, 7) is 5.19. The summed E-state index contributed by atoms with van der Waals surface area (Å²) in [6, 6.07) is 18.6. The number of benzene rings is 2. The van der Waals surface area contributed by atoms with Crippen molar-refractivity contribution in [2.24, 2.45) is 5.92 Å². The molecule has 0 spiro atoms. The molecule has 6 rings (SSSR count). The van der Waals surface area contributed by atoms with Crippen molar-refractivity contribution in [1.82, 2.24) is 30.1 Å². The van der Waals surface area contributed by atoms with E-state index in [-0.39, 0.29) is 17.7 Å². The van der Waals surface area contributed by atoms with Gasteiger partial charge in [0.05, 0.1) is 18.2 Å². The second kappa shape index (κ2) is 10.6. The van der Waals surface area contributed by atoms with Crippen LogP contribution >= 0.6 is 0 Å². The molecule has 37 heavy (non-hydrogen) atoms. The summed E-state index contributed by atoms with van der Waals surface area (Å²) < 4.78 is 7.74. The van der Waals surface area contributed by atoms with Gasteiger partial charge in [0.25, 0.3) is 5.56 Å². The number of hydrogen-bond acceptors (Lipinski definition) is 6. The van der Waals surface area contributed by atoms with Crippen molar-refractivity contribution in [3.63, 3.8) is 0 Å². The second-order valence-electron chi connectivity index (χ2n) is 10.5. The Morgan fingerprint density at radius 1 is 1.08 bits per heavy atom. The number of nitrogens with zero attached hydrogens (tertiary/aromatic N) is 5. The molecule has 2 aliphatic rings. The molecule has 2 aliphatic heterocycles. The van der Waals surface area contributed by atoms with Gasteiger partial charge >= 0.3 is 0 Å². The van der Waals surface area contributed by atoms with Gasteiger partial charge in [-0.05, 0) is 91.0 Å². The predicted octanol–water partition coefficient (Wildman–Crippen LogP) is 4.05. The lowest BCUT2D eigenvalue weighted by Crippen LogP contribution is -2.41. The molecule has 2 atom stereocenters. The molecule has 0 saturated carbocycles.